The summed E-state index contributed by atoms with van der Waals surface area (Å²) in [6.07, 6.45) is 3.89. The van der Waals surface area contributed by atoms with E-state index in [0.717, 1.165) is 22.4 Å². The number of phenols is 1. The summed E-state index contributed by atoms with van der Waals surface area (Å²) in [6.45, 7) is 4.73. The largest absolute Gasteiger partial charge is 0.508 e. The van der Waals surface area contributed by atoms with Gasteiger partial charge in [0, 0.05) is 37.3 Å². The number of nitrogens with zero attached hydrogens (tertiary/aromatic N) is 4. The van der Waals surface area contributed by atoms with Crippen LogP contribution in [-0.2, 0) is 11.3 Å². The van der Waals surface area contributed by atoms with Crippen molar-refractivity contribution < 1.29 is 19.8 Å². The minimum atomic E-state index is -1.45. The van der Waals surface area contributed by atoms with Crippen LogP contribution in [0.5, 0.6) is 5.75 Å². The highest BCUT2D eigenvalue weighted by molar-refractivity contribution is 6.18. The Hall–Kier alpha value is -4.30. The number of rotatable bonds is 5. The topological polar surface area (TPSA) is 106 Å². The maximum Gasteiger partial charge on any atom is 0.254 e. The molecule has 2 aliphatic rings. The first-order valence-electron chi connectivity index (χ1n) is 12.6. The minimum Gasteiger partial charge on any atom is -0.508 e. The van der Waals surface area contributed by atoms with Crippen LogP contribution in [-0.4, -0.2) is 74.3 Å². The van der Waals surface area contributed by atoms with Gasteiger partial charge in [0.05, 0.1) is 29.2 Å². The van der Waals surface area contributed by atoms with E-state index >= 15 is 0 Å². The second-order valence-corrected chi connectivity index (χ2v) is 10.0. The number of carbonyl (C=O) groups is 2. The molecule has 2 amide bonds. The molecule has 1 aromatic heterocycles. The Morgan fingerprint density at radius 3 is 2.24 bits per heavy atom. The van der Waals surface area contributed by atoms with E-state index in [2.05, 4.69) is 0 Å². The van der Waals surface area contributed by atoms with Gasteiger partial charge in [0.2, 0.25) is 0 Å². The van der Waals surface area contributed by atoms with Crippen molar-refractivity contribution >= 4 is 23.6 Å². The van der Waals surface area contributed by atoms with Crippen LogP contribution in [0.2, 0.25) is 0 Å². The van der Waals surface area contributed by atoms with Gasteiger partial charge in [0.1, 0.15) is 11.4 Å². The normalized spacial score (nSPS) is 15.5. The summed E-state index contributed by atoms with van der Waals surface area (Å²) in [5.41, 5.74) is 3.65. The molecule has 0 atom stereocenters. The molecule has 8 nitrogen and oxygen atoms in total. The Bertz CT molecular complexity index is 1420. The minimum absolute atomic E-state index is 0.151. The van der Waals surface area contributed by atoms with Gasteiger partial charge < -0.3 is 20.0 Å². The first kappa shape index (κ1) is 25.4. The van der Waals surface area contributed by atoms with Gasteiger partial charge in [0.15, 0.2) is 0 Å². The molecular formula is C30H30N4O4. The Morgan fingerprint density at radius 1 is 0.921 bits per heavy atom. The predicted octanol–water partition coefficient (Wildman–Crippen LogP) is 3.53. The standard InChI is InChI=1S/C30H30N4O4/c1-30(2,38)29(37)34-16-14-33(15-17-34)28(36)23-18-25(21-9-11-22(35)12-10-21)32-26-19-31-24(27(23)26)13-8-20-6-4-3-5-7-20/h3-13,18,35,38H,14-17,19H2,1-2H3/b13-8+. The van der Waals surface area contributed by atoms with Gasteiger partial charge in [-0.05, 0) is 55.8 Å². The van der Waals surface area contributed by atoms with Crippen molar-refractivity contribution in [3.63, 3.8) is 0 Å². The quantitative estimate of drug-likeness (QED) is 0.546. The van der Waals surface area contributed by atoms with Crippen molar-refractivity contribution in [3.8, 4) is 17.0 Å². The molecule has 5 rings (SSSR count). The van der Waals surface area contributed by atoms with Gasteiger partial charge in [0.25, 0.3) is 11.8 Å². The zero-order valence-corrected chi connectivity index (χ0v) is 21.5. The summed E-state index contributed by atoms with van der Waals surface area (Å²) in [6, 6.07) is 18.4. The highest BCUT2D eigenvalue weighted by Crippen LogP contribution is 2.30. The maximum atomic E-state index is 13.9. The molecule has 3 aromatic rings. The third-order valence-corrected chi connectivity index (χ3v) is 6.75. The van der Waals surface area contributed by atoms with E-state index in [1.807, 2.05) is 42.5 Å². The number of amides is 2. The Labute approximate surface area is 221 Å². The third kappa shape index (κ3) is 5.21. The number of piperazine rings is 1. The van der Waals surface area contributed by atoms with E-state index in [1.165, 1.54) is 13.8 Å². The number of hydrogen-bond acceptors (Lipinski definition) is 6. The molecule has 0 aliphatic carbocycles. The van der Waals surface area contributed by atoms with E-state index in [-0.39, 0.29) is 17.6 Å². The van der Waals surface area contributed by atoms with Crippen LogP contribution in [0.25, 0.3) is 17.3 Å². The van der Waals surface area contributed by atoms with Gasteiger partial charge >= 0.3 is 0 Å². The molecule has 194 valence electrons. The first-order chi connectivity index (χ1) is 18.2. The number of hydrogen-bond donors (Lipinski definition) is 2. The Kier molecular flexibility index (Phi) is 6.82. The van der Waals surface area contributed by atoms with Gasteiger partial charge in [-0.2, -0.15) is 0 Å². The number of carbonyl (C=O) groups excluding carboxylic acids is 2. The van der Waals surface area contributed by atoms with E-state index in [0.29, 0.717) is 49.7 Å². The number of aromatic nitrogens is 1. The van der Waals surface area contributed by atoms with E-state index in [4.69, 9.17) is 9.98 Å². The Morgan fingerprint density at radius 2 is 1.58 bits per heavy atom. The summed E-state index contributed by atoms with van der Waals surface area (Å²) >= 11 is 0. The summed E-state index contributed by atoms with van der Waals surface area (Å²) in [4.78, 5) is 39.3. The molecule has 2 N–H and O–H groups in total. The lowest BCUT2D eigenvalue weighted by Gasteiger charge is -2.37. The molecule has 0 unspecified atom stereocenters. The molecule has 38 heavy (non-hydrogen) atoms. The zero-order valence-electron chi connectivity index (χ0n) is 21.5. The van der Waals surface area contributed by atoms with Gasteiger partial charge in [-0.15, -0.1) is 0 Å². The van der Waals surface area contributed by atoms with Crippen LogP contribution in [0, 0.1) is 0 Å². The van der Waals surface area contributed by atoms with Gasteiger partial charge in [-0.25, -0.2) is 0 Å². The number of aliphatic hydroxyl groups is 1. The van der Waals surface area contributed by atoms with Gasteiger partial charge in [-0.1, -0.05) is 36.4 Å². The predicted molar refractivity (Wildman–Crippen MR) is 146 cm³/mol. The highest BCUT2D eigenvalue weighted by Gasteiger charge is 2.34. The molecule has 1 saturated heterocycles. The highest BCUT2D eigenvalue weighted by atomic mass is 16.3. The molecule has 0 saturated carbocycles. The monoisotopic (exact) mass is 510 g/mol. The SMILES string of the molecule is CC(C)(O)C(=O)N1CCN(C(=O)c2cc(-c3ccc(O)cc3)nc3c2C(/C=C/c2ccccc2)=NC3)CC1. The number of phenolic OH excluding ortho intramolecular Hbond substituents is 1. The average Bonchev–Trinajstić information content (AvgIpc) is 3.34. The third-order valence-electron chi connectivity index (χ3n) is 6.75. The Balaban J connectivity index is 1.48. The van der Waals surface area contributed by atoms with Crippen LogP contribution >= 0.6 is 0 Å². The molecule has 3 heterocycles. The molecule has 1 fully saturated rings. The number of aliphatic imine (C=N–C) groups is 1. The van der Waals surface area contributed by atoms with Crippen LogP contribution in [0.1, 0.15) is 41.0 Å². The molecular weight excluding hydrogens is 480 g/mol. The maximum absolute atomic E-state index is 13.9. The lowest BCUT2D eigenvalue weighted by atomic mass is 9.98. The second kappa shape index (κ2) is 10.2. The van der Waals surface area contributed by atoms with Crippen LogP contribution in [0.15, 0.2) is 71.7 Å². The van der Waals surface area contributed by atoms with Crippen molar-refractivity contribution in [2.75, 3.05) is 26.2 Å². The number of fused-ring (bicyclic) bond motifs is 1. The summed E-state index contributed by atoms with van der Waals surface area (Å²) < 4.78 is 0. The summed E-state index contributed by atoms with van der Waals surface area (Å²) in [7, 11) is 0. The average molecular weight is 511 g/mol. The molecule has 2 aromatic carbocycles. The molecule has 0 radical (unpaired) electrons. The van der Waals surface area contributed by atoms with Crippen LogP contribution in [0.4, 0.5) is 0 Å². The number of aromatic hydroxyl groups is 1. The smallest absolute Gasteiger partial charge is 0.254 e. The lowest BCUT2D eigenvalue weighted by Crippen LogP contribution is -2.55. The fraction of sp³-hybridized carbons (Fsp3) is 0.267. The molecule has 2 aliphatic heterocycles. The number of pyridine rings is 1. The van der Waals surface area contributed by atoms with Crippen molar-refractivity contribution in [2.45, 2.75) is 26.0 Å². The fourth-order valence-electron chi connectivity index (χ4n) is 4.73. The molecule has 0 spiro atoms. The van der Waals surface area contributed by atoms with Crippen molar-refractivity contribution in [2.24, 2.45) is 4.99 Å². The second-order valence-electron chi connectivity index (χ2n) is 10.0. The van der Waals surface area contributed by atoms with E-state index < -0.39 is 5.60 Å². The van der Waals surface area contributed by atoms with Crippen molar-refractivity contribution in [1.82, 2.24) is 14.8 Å². The first-order valence-corrected chi connectivity index (χ1v) is 12.6. The number of benzene rings is 2. The van der Waals surface area contributed by atoms with E-state index in [1.54, 1.807) is 40.1 Å². The summed E-state index contributed by atoms with van der Waals surface area (Å²) in [5.74, 6) is -0.340. The van der Waals surface area contributed by atoms with Crippen molar-refractivity contribution in [3.05, 3.63) is 89.1 Å². The molecule has 0 bridgehead atoms. The lowest BCUT2D eigenvalue weighted by molar-refractivity contribution is -0.149. The van der Waals surface area contributed by atoms with Gasteiger partial charge in [-0.3, -0.25) is 19.6 Å². The van der Waals surface area contributed by atoms with Crippen molar-refractivity contribution in [1.29, 1.82) is 0 Å². The van der Waals surface area contributed by atoms with E-state index in [9.17, 15) is 19.8 Å². The number of allylic oxidation sites excluding steroid dienone is 1. The summed E-state index contributed by atoms with van der Waals surface area (Å²) in [5, 5.41) is 19.8. The van der Waals surface area contributed by atoms with Crippen LogP contribution < -0.4 is 0 Å². The van der Waals surface area contributed by atoms with Crippen LogP contribution in [0.3, 0.4) is 0 Å². The zero-order chi connectivity index (χ0) is 26.9. The fourth-order valence-corrected chi connectivity index (χ4v) is 4.73. The molecule has 8 heteroatoms.